The molecule has 1 N–H and O–H groups in total. The minimum Gasteiger partial charge on any atom is -0.489 e. The maximum Gasteiger partial charge on any atom is 0.236 e. The normalized spacial score (nSPS) is 15.7. The van der Waals surface area contributed by atoms with Crippen molar-refractivity contribution in [2.75, 3.05) is 5.75 Å². The van der Waals surface area contributed by atoms with Gasteiger partial charge in [0.05, 0.1) is 12.0 Å². The van der Waals surface area contributed by atoms with E-state index >= 15 is 0 Å². The summed E-state index contributed by atoms with van der Waals surface area (Å²) in [4.78, 5) is 11.0. The first-order chi connectivity index (χ1) is 12.5. The Morgan fingerprint density at radius 2 is 1.96 bits per heavy atom. The summed E-state index contributed by atoms with van der Waals surface area (Å²) in [6.07, 6.45) is 1.50. The number of carbonyl (C=O) groups is 1. The molecule has 0 radical (unpaired) electrons. The number of amidine groups is 1. The number of ether oxygens (including phenoxy) is 1. The van der Waals surface area contributed by atoms with Crippen LogP contribution in [0.2, 0.25) is 0 Å². The van der Waals surface area contributed by atoms with Gasteiger partial charge in [0.15, 0.2) is 22.6 Å². The van der Waals surface area contributed by atoms with E-state index in [0.29, 0.717) is 10.9 Å². The van der Waals surface area contributed by atoms with Crippen LogP contribution in [0.1, 0.15) is 11.1 Å². The average molecular weight is 379 g/mol. The maximum absolute atomic E-state index is 13.2. The van der Waals surface area contributed by atoms with E-state index in [4.69, 9.17) is 4.74 Å². The molecule has 1 aliphatic rings. The fraction of sp³-hybridized carbons (Fsp3) is 0.118. The molecule has 1 heterocycles. The lowest BCUT2D eigenvalue weighted by Crippen LogP contribution is -2.19. The molecule has 1 fully saturated rings. The summed E-state index contributed by atoms with van der Waals surface area (Å²) in [6.45, 7) is 0.0343. The number of benzene rings is 2. The van der Waals surface area contributed by atoms with Crippen LogP contribution < -0.4 is 10.1 Å². The van der Waals surface area contributed by atoms with E-state index < -0.39 is 17.5 Å². The summed E-state index contributed by atoms with van der Waals surface area (Å²) in [5.41, 5.74) is 1.44. The van der Waals surface area contributed by atoms with Gasteiger partial charge in [-0.2, -0.15) is 5.10 Å². The van der Waals surface area contributed by atoms with Crippen LogP contribution in [0.25, 0.3) is 0 Å². The zero-order chi connectivity index (χ0) is 18.5. The molecular weight excluding hydrogens is 367 g/mol. The van der Waals surface area contributed by atoms with Gasteiger partial charge >= 0.3 is 0 Å². The van der Waals surface area contributed by atoms with Gasteiger partial charge in [-0.05, 0) is 17.2 Å². The molecule has 0 saturated carbocycles. The predicted octanol–water partition coefficient (Wildman–Crippen LogP) is 3.24. The molecule has 0 bridgehead atoms. The molecule has 1 aliphatic heterocycles. The molecular formula is C17H12F3N3O2S. The molecule has 2 aromatic rings. The second-order valence-corrected chi connectivity index (χ2v) is 6.19. The second kappa shape index (κ2) is 8.05. The Morgan fingerprint density at radius 1 is 1.19 bits per heavy atom. The number of thioether (sulfide) groups is 1. The average Bonchev–Trinajstić information content (AvgIpc) is 3.03. The first-order valence-electron chi connectivity index (χ1n) is 7.41. The predicted molar refractivity (Wildman–Crippen MR) is 92.7 cm³/mol. The topological polar surface area (TPSA) is 63.0 Å². The molecule has 1 saturated heterocycles. The highest BCUT2D eigenvalue weighted by molar-refractivity contribution is 8.15. The molecule has 134 valence electrons. The van der Waals surface area contributed by atoms with E-state index in [-0.39, 0.29) is 18.3 Å². The van der Waals surface area contributed by atoms with E-state index in [2.05, 4.69) is 15.5 Å². The number of nitrogens with zero attached hydrogens (tertiary/aromatic N) is 2. The summed E-state index contributed by atoms with van der Waals surface area (Å²) >= 11 is 1.27. The zero-order valence-corrected chi connectivity index (χ0v) is 14.0. The van der Waals surface area contributed by atoms with Crippen molar-refractivity contribution in [3.8, 4) is 5.75 Å². The highest BCUT2D eigenvalue weighted by Crippen LogP contribution is 2.20. The molecule has 0 spiro atoms. The molecule has 26 heavy (non-hydrogen) atoms. The van der Waals surface area contributed by atoms with E-state index in [9.17, 15) is 18.0 Å². The molecule has 0 unspecified atom stereocenters. The lowest BCUT2D eigenvalue weighted by Gasteiger charge is -2.07. The van der Waals surface area contributed by atoms with Crippen LogP contribution in [0.4, 0.5) is 13.2 Å². The summed E-state index contributed by atoms with van der Waals surface area (Å²) < 4.78 is 44.6. The van der Waals surface area contributed by atoms with Crippen molar-refractivity contribution in [2.45, 2.75) is 6.61 Å². The minimum atomic E-state index is -1.53. The van der Waals surface area contributed by atoms with Gasteiger partial charge in [0.2, 0.25) is 5.91 Å². The summed E-state index contributed by atoms with van der Waals surface area (Å²) in [6, 6.07) is 8.61. The largest absolute Gasteiger partial charge is 0.489 e. The Labute approximate surface area is 151 Å². The SMILES string of the molecule is O=C1CSC(=NN=Cc2cccc(COc3cc(F)c(F)c(F)c3)c2)N1. The van der Waals surface area contributed by atoms with E-state index in [0.717, 1.165) is 23.3 Å². The molecule has 0 aromatic heterocycles. The number of hydrogen-bond acceptors (Lipinski definition) is 5. The van der Waals surface area contributed by atoms with Crippen LogP contribution in [0, 0.1) is 17.5 Å². The van der Waals surface area contributed by atoms with Gasteiger partial charge in [0.25, 0.3) is 0 Å². The van der Waals surface area contributed by atoms with Gasteiger partial charge in [0.1, 0.15) is 12.4 Å². The van der Waals surface area contributed by atoms with Gasteiger partial charge in [-0.15, -0.1) is 5.10 Å². The minimum absolute atomic E-state index is 0.0343. The van der Waals surface area contributed by atoms with Crippen molar-refractivity contribution < 1.29 is 22.7 Å². The summed E-state index contributed by atoms with van der Waals surface area (Å²) in [5.74, 6) is -4.05. The number of amides is 1. The van der Waals surface area contributed by atoms with Crippen molar-refractivity contribution in [3.05, 3.63) is 65.0 Å². The smallest absolute Gasteiger partial charge is 0.236 e. The molecule has 5 nitrogen and oxygen atoms in total. The molecule has 9 heteroatoms. The lowest BCUT2D eigenvalue weighted by molar-refractivity contribution is -0.116. The third-order valence-electron chi connectivity index (χ3n) is 3.26. The van der Waals surface area contributed by atoms with Crippen molar-refractivity contribution >= 4 is 29.1 Å². The monoisotopic (exact) mass is 379 g/mol. The summed E-state index contributed by atoms with van der Waals surface area (Å²) in [5, 5.41) is 10.8. The van der Waals surface area contributed by atoms with Crippen molar-refractivity contribution in [3.63, 3.8) is 0 Å². The van der Waals surface area contributed by atoms with Crippen LogP contribution in [0.3, 0.4) is 0 Å². The Kier molecular flexibility index (Phi) is 5.57. The van der Waals surface area contributed by atoms with Crippen LogP contribution in [-0.4, -0.2) is 23.0 Å². The van der Waals surface area contributed by atoms with Crippen LogP contribution in [0.15, 0.2) is 46.6 Å². The van der Waals surface area contributed by atoms with E-state index in [1.807, 2.05) is 0 Å². The molecule has 0 aliphatic carbocycles. The number of nitrogens with one attached hydrogen (secondary N) is 1. The number of halogens is 3. The lowest BCUT2D eigenvalue weighted by atomic mass is 10.1. The quantitative estimate of drug-likeness (QED) is 0.493. The number of hydrogen-bond donors (Lipinski definition) is 1. The van der Waals surface area contributed by atoms with Crippen LogP contribution >= 0.6 is 11.8 Å². The summed E-state index contributed by atoms with van der Waals surface area (Å²) in [7, 11) is 0. The number of carbonyl (C=O) groups excluding carboxylic acids is 1. The standard InChI is InChI=1S/C17H12F3N3O2S/c18-13-5-12(6-14(19)16(13)20)25-8-11-3-1-2-10(4-11)7-21-23-17-22-15(24)9-26-17/h1-7H,8-9H2,(H,22,23,24). The molecule has 3 rings (SSSR count). The van der Waals surface area contributed by atoms with Crippen LogP contribution in [0.5, 0.6) is 5.75 Å². The van der Waals surface area contributed by atoms with Crippen LogP contribution in [-0.2, 0) is 11.4 Å². The van der Waals surface area contributed by atoms with E-state index in [1.54, 1.807) is 24.3 Å². The van der Waals surface area contributed by atoms with Gasteiger partial charge in [-0.1, -0.05) is 30.0 Å². The van der Waals surface area contributed by atoms with Gasteiger partial charge in [0, 0.05) is 12.1 Å². The number of rotatable bonds is 5. The van der Waals surface area contributed by atoms with Gasteiger partial charge < -0.3 is 10.1 Å². The highest BCUT2D eigenvalue weighted by Gasteiger charge is 2.16. The first-order valence-corrected chi connectivity index (χ1v) is 8.40. The van der Waals surface area contributed by atoms with Crippen molar-refractivity contribution in [1.29, 1.82) is 0 Å². The molecule has 1 amide bonds. The Morgan fingerprint density at radius 3 is 2.65 bits per heavy atom. The molecule has 0 atom stereocenters. The fourth-order valence-corrected chi connectivity index (χ4v) is 2.70. The van der Waals surface area contributed by atoms with Gasteiger partial charge in [-0.25, -0.2) is 13.2 Å². The Balaban J connectivity index is 1.63. The third-order valence-corrected chi connectivity index (χ3v) is 4.12. The van der Waals surface area contributed by atoms with Crippen molar-refractivity contribution in [2.24, 2.45) is 10.2 Å². The molecule has 2 aromatic carbocycles. The first kappa shape index (κ1) is 18.0. The third kappa shape index (κ3) is 4.63. The second-order valence-electron chi connectivity index (χ2n) is 5.22. The van der Waals surface area contributed by atoms with Gasteiger partial charge in [-0.3, -0.25) is 4.79 Å². The Bertz CT molecular complexity index is 880. The maximum atomic E-state index is 13.2. The van der Waals surface area contributed by atoms with Crippen molar-refractivity contribution in [1.82, 2.24) is 5.32 Å². The fourth-order valence-electron chi connectivity index (χ4n) is 2.07. The Hall–Kier alpha value is -2.81. The highest BCUT2D eigenvalue weighted by atomic mass is 32.2. The zero-order valence-electron chi connectivity index (χ0n) is 13.2. The van der Waals surface area contributed by atoms with E-state index in [1.165, 1.54) is 18.0 Å².